The zero-order chi connectivity index (χ0) is 32.2. The molecule has 0 fully saturated rings. The SMILES string of the molecule is CC(C)CCN(CC(O)C(Cc1ccccc1)C(CC(N)=O)(NC(=O)NCc1ccccc1)C(N)=O)C(=O)NC(C)(C)C. The quantitative estimate of drug-likeness (QED) is 0.185. The van der Waals surface area contributed by atoms with Gasteiger partial charge in [-0.25, -0.2) is 9.59 Å². The van der Waals surface area contributed by atoms with Crippen LogP contribution in [0.5, 0.6) is 0 Å². The van der Waals surface area contributed by atoms with Crippen LogP contribution >= 0.6 is 0 Å². The van der Waals surface area contributed by atoms with Crippen molar-refractivity contribution in [2.45, 2.75) is 77.6 Å². The summed E-state index contributed by atoms with van der Waals surface area (Å²) in [7, 11) is 0. The number of aliphatic hydroxyl groups excluding tert-OH is 1. The number of nitrogens with zero attached hydrogens (tertiary/aromatic N) is 1. The second kappa shape index (κ2) is 15.9. The Hall–Kier alpha value is -4.12. The number of aliphatic hydroxyl groups is 1. The van der Waals surface area contributed by atoms with E-state index in [0.29, 0.717) is 13.0 Å². The molecule has 2 aromatic carbocycles. The van der Waals surface area contributed by atoms with Gasteiger partial charge in [-0.15, -0.1) is 0 Å². The van der Waals surface area contributed by atoms with Crippen LogP contribution < -0.4 is 27.4 Å². The number of nitrogens with two attached hydrogens (primary N) is 2. The topological polar surface area (TPSA) is 180 Å². The van der Waals surface area contributed by atoms with Crippen LogP contribution in [0.1, 0.15) is 58.6 Å². The van der Waals surface area contributed by atoms with Crippen molar-refractivity contribution in [1.82, 2.24) is 20.9 Å². The summed E-state index contributed by atoms with van der Waals surface area (Å²) < 4.78 is 0. The van der Waals surface area contributed by atoms with Gasteiger partial charge in [0, 0.05) is 31.1 Å². The fourth-order valence-electron chi connectivity index (χ4n) is 4.85. The standard InChI is InChI=1S/C32H48N6O5/c1-22(2)16-17-38(30(43)37-31(3,4)5)21-26(39)25(18-23-12-8-6-9-13-23)32(28(34)41,19-27(33)40)36-29(42)35-20-24-14-10-7-11-15-24/h6-15,22,25-26,39H,16-21H2,1-5H3,(H2,33,40)(H2,34,41)(H,37,43)(H2,35,36,42). The van der Waals surface area contributed by atoms with E-state index < -0.39 is 47.4 Å². The number of nitrogens with one attached hydrogen (secondary N) is 3. The van der Waals surface area contributed by atoms with E-state index in [-0.39, 0.29) is 31.5 Å². The summed E-state index contributed by atoms with van der Waals surface area (Å²) in [6, 6.07) is 17.0. The van der Waals surface area contributed by atoms with E-state index in [2.05, 4.69) is 16.0 Å². The highest BCUT2D eigenvalue weighted by Gasteiger charge is 2.50. The maximum Gasteiger partial charge on any atom is 0.317 e. The van der Waals surface area contributed by atoms with E-state index in [1.165, 1.54) is 4.90 Å². The zero-order valence-electron chi connectivity index (χ0n) is 25.9. The molecule has 0 aliphatic rings. The molecule has 0 spiro atoms. The van der Waals surface area contributed by atoms with Gasteiger partial charge in [0.25, 0.3) is 0 Å². The Bertz CT molecular complexity index is 1200. The fourth-order valence-corrected chi connectivity index (χ4v) is 4.85. The molecule has 11 nitrogen and oxygen atoms in total. The van der Waals surface area contributed by atoms with Crippen LogP contribution in [0.4, 0.5) is 9.59 Å². The van der Waals surface area contributed by atoms with Gasteiger partial charge in [-0.3, -0.25) is 9.59 Å². The monoisotopic (exact) mass is 596 g/mol. The summed E-state index contributed by atoms with van der Waals surface area (Å²) in [5.74, 6) is -2.79. The van der Waals surface area contributed by atoms with Crippen LogP contribution in [-0.2, 0) is 22.6 Å². The lowest BCUT2D eigenvalue weighted by Gasteiger charge is -2.42. The molecule has 6 amide bonds. The number of rotatable bonds is 15. The van der Waals surface area contributed by atoms with Crippen molar-refractivity contribution in [2.24, 2.45) is 23.3 Å². The third-order valence-corrected chi connectivity index (χ3v) is 7.07. The second-order valence-corrected chi connectivity index (χ2v) is 12.4. The molecule has 43 heavy (non-hydrogen) atoms. The summed E-state index contributed by atoms with van der Waals surface area (Å²) in [4.78, 5) is 53.7. The number of carbonyl (C=O) groups is 4. The molecule has 0 aliphatic heterocycles. The average Bonchev–Trinajstić information content (AvgIpc) is 2.92. The first-order valence-corrected chi connectivity index (χ1v) is 14.6. The number of benzene rings is 2. The number of hydrogen-bond acceptors (Lipinski definition) is 5. The van der Waals surface area contributed by atoms with Crippen LogP contribution in [0.2, 0.25) is 0 Å². The van der Waals surface area contributed by atoms with E-state index in [1.54, 1.807) is 24.3 Å². The third-order valence-electron chi connectivity index (χ3n) is 7.07. The highest BCUT2D eigenvalue weighted by atomic mass is 16.3. The van der Waals surface area contributed by atoms with Gasteiger partial charge in [0.2, 0.25) is 11.8 Å². The van der Waals surface area contributed by atoms with Crippen molar-refractivity contribution in [3.8, 4) is 0 Å². The first kappa shape index (κ1) is 35.1. The highest BCUT2D eigenvalue weighted by Crippen LogP contribution is 2.30. The van der Waals surface area contributed by atoms with Gasteiger partial charge < -0.3 is 37.4 Å². The first-order valence-electron chi connectivity index (χ1n) is 14.6. The molecule has 0 aliphatic carbocycles. The molecule has 0 heterocycles. The fraction of sp³-hybridized carbons (Fsp3) is 0.500. The van der Waals surface area contributed by atoms with E-state index >= 15 is 0 Å². The van der Waals surface area contributed by atoms with Gasteiger partial charge in [0.15, 0.2) is 0 Å². The molecular formula is C32H48N6O5. The zero-order valence-corrected chi connectivity index (χ0v) is 25.9. The molecule has 0 saturated heterocycles. The largest absolute Gasteiger partial charge is 0.391 e. The normalized spacial score (nSPS) is 14.2. The minimum atomic E-state index is -2.08. The Morgan fingerprint density at radius 3 is 1.93 bits per heavy atom. The number of carbonyl (C=O) groups excluding carboxylic acids is 4. The number of primary amides is 2. The molecule has 3 unspecified atom stereocenters. The molecule has 0 radical (unpaired) electrons. The van der Waals surface area contributed by atoms with Crippen molar-refractivity contribution in [1.29, 1.82) is 0 Å². The predicted molar refractivity (Wildman–Crippen MR) is 167 cm³/mol. The molecule has 0 bridgehead atoms. The second-order valence-electron chi connectivity index (χ2n) is 12.4. The van der Waals surface area contributed by atoms with Crippen molar-refractivity contribution in [3.05, 3.63) is 71.8 Å². The maximum absolute atomic E-state index is 13.3. The summed E-state index contributed by atoms with van der Waals surface area (Å²) in [5, 5.41) is 20.1. The van der Waals surface area contributed by atoms with Gasteiger partial charge in [-0.05, 0) is 50.7 Å². The van der Waals surface area contributed by atoms with E-state index in [0.717, 1.165) is 11.1 Å². The van der Waals surface area contributed by atoms with Gasteiger partial charge in [0.1, 0.15) is 5.54 Å². The Morgan fingerprint density at radius 1 is 0.884 bits per heavy atom. The summed E-state index contributed by atoms with van der Waals surface area (Å²) in [6.45, 7) is 9.89. The molecule has 0 saturated carbocycles. The molecule has 2 aromatic rings. The smallest absolute Gasteiger partial charge is 0.317 e. The van der Waals surface area contributed by atoms with Gasteiger partial charge in [-0.2, -0.15) is 0 Å². The van der Waals surface area contributed by atoms with Crippen LogP contribution in [-0.4, -0.2) is 64.2 Å². The van der Waals surface area contributed by atoms with E-state index in [9.17, 15) is 24.3 Å². The molecule has 0 aromatic heterocycles. The van der Waals surface area contributed by atoms with Crippen LogP contribution in [0.3, 0.4) is 0 Å². The number of hydrogen-bond donors (Lipinski definition) is 6. The van der Waals surface area contributed by atoms with Crippen LogP contribution in [0, 0.1) is 11.8 Å². The Labute approximate surface area is 254 Å². The minimum absolute atomic E-state index is 0.0517. The lowest BCUT2D eigenvalue weighted by Crippen LogP contribution is -2.68. The van der Waals surface area contributed by atoms with Crippen molar-refractivity contribution >= 4 is 23.9 Å². The van der Waals surface area contributed by atoms with E-state index in [1.807, 2.05) is 71.0 Å². The molecule has 11 heteroatoms. The average molecular weight is 597 g/mol. The van der Waals surface area contributed by atoms with Crippen molar-refractivity contribution in [3.63, 3.8) is 0 Å². The lowest BCUT2D eigenvalue weighted by atomic mass is 9.73. The van der Waals surface area contributed by atoms with Gasteiger partial charge >= 0.3 is 12.1 Å². The van der Waals surface area contributed by atoms with Gasteiger partial charge in [0.05, 0.1) is 12.5 Å². The van der Waals surface area contributed by atoms with Gasteiger partial charge in [-0.1, -0.05) is 74.5 Å². The molecule has 8 N–H and O–H groups in total. The maximum atomic E-state index is 13.3. The predicted octanol–water partition coefficient (Wildman–Crippen LogP) is 2.66. The van der Waals surface area contributed by atoms with Crippen molar-refractivity contribution < 1.29 is 24.3 Å². The number of urea groups is 2. The number of amides is 6. The Morgan fingerprint density at radius 2 is 1.44 bits per heavy atom. The molecular weight excluding hydrogens is 548 g/mol. The highest BCUT2D eigenvalue weighted by molar-refractivity contribution is 5.95. The third kappa shape index (κ3) is 11.6. The Balaban J connectivity index is 2.52. The minimum Gasteiger partial charge on any atom is -0.391 e. The summed E-state index contributed by atoms with van der Waals surface area (Å²) in [5.41, 5.74) is 10.5. The van der Waals surface area contributed by atoms with E-state index in [4.69, 9.17) is 11.5 Å². The lowest BCUT2D eigenvalue weighted by molar-refractivity contribution is -0.134. The summed E-state index contributed by atoms with van der Waals surface area (Å²) in [6.07, 6.45) is -1.33. The van der Waals surface area contributed by atoms with Crippen LogP contribution in [0.15, 0.2) is 60.7 Å². The van der Waals surface area contributed by atoms with Crippen LogP contribution in [0.25, 0.3) is 0 Å². The molecule has 3 atom stereocenters. The molecule has 236 valence electrons. The first-order chi connectivity index (χ1) is 20.1. The molecule has 2 rings (SSSR count). The van der Waals surface area contributed by atoms with Crippen molar-refractivity contribution in [2.75, 3.05) is 13.1 Å². The summed E-state index contributed by atoms with van der Waals surface area (Å²) >= 11 is 0. The Kier molecular flexibility index (Phi) is 13.0.